The Morgan fingerprint density at radius 2 is 2.00 bits per heavy atom. The minimum absolute atomic E-state index is 0.0202. The van der Waals surface area contributed by atoms with Gasteiger partial charge < -0.3 is 15.7 Å². The lowest BCUT2D eigenvalue weighted by Gasteiger charge is -2.30. The number of rotatable bonds is 6. The molecule has 0 spiro atoms. The van der Waals surface area contributed by atoms with E-state index in [1.807, 2.05) is 0 Å². The number of carbonyl (C=O) groups is 1. The minimum Gasteiger partial charge on any atom is -0.396 e. The number of carbonyl (C=O) groups excluding carboxylic acids is 1. The third-order valence-corrected chi connectivity index (χ3v) is 5.65. The Bertz CT molecular complexity index is 306. The molecule has 0 aromatic rings. The summed E-state index contributed by atoms with van der Waals surface area (Å²) < 4.78 is 0. The Hall–Kier alpha value is -0.610. The molecule has 0 aromatic heterocycles. The van der Waals surface area contributed by atoms with Gasteiger partial charge in [-0.25, -0.2) is 0 Å². The van der Waals surface area contributed by atoms with Gasteiger partial charge in [0.2, 0.25) is 5.91 Å². The van der Waals surface area contributed by atoms with Crippen molar-refractivity contribution in [3.8, 4) is 0 Å². The van der Waals surface area contributed by atoms with Gasteiger partial charge in [0.05, 0.1) is 12.6 Å². The highest BCUT2D eigenvalue weighted by Gasteiger charge is 2.38. The molecule has 1 saturated carbocycles. The van der Waals surface area contributed by atoms with Gasteiger partial charge in [-0.3, -0.25) is 4.79 Å². The zero-order valence-corrected chi connectivity index (χ0v) is 13.0. The maximum absolute atomic E-state index is 12.3. The van der Waals surface area contributed by atoms with Crippen LogP contribution in [0.25, 0.3) is 0 Å². The molecule has 4 heteroatoms. The van der Waals surface area contributed by atoms with Crippen molar-refractivity contribution >= 4 is 5.91 Å². The first-order valence-electron chi connectivity index (χ1n) is 8.28. The Labute approximate surface area is 122 Å². The average Bonchev–Trinajstić information content (AvgIpc) is 2.93. The predicted molar refractivity (Wildman–Crippen MR) is 80.4 cm³/mol. The summed E-state index contributed by atoms with van der Waals surface area (Å²) >= 11 is 0. The van der Waals surface area contributed by atoms with Crippen LogP contribution in [0.5, 0.6) is 0 Å². The van der Waals surface area contributed by atoms with E-state index < -0.39 is 0 Å². The van der Waals surface area contributed by atoms with Crippen molar-refractivity contribution in [2.24, 2.45) is 11.3 Å². The zero-order valence-electron chi connectivity index (χ0n) is 13.0. The van der Waals surface area contributed by atoms with Crippen LogP contribution in [0, 0.1) is 11.3 Å². The van der Waals surface area contributed by atoms with E-state index in [2.05, 4.69) is 24.5 Å². The molecule has 2 rings (SSSR count). The molecule has 1 amide bonds. The summed E-state index contributed by atoms with van der Waals surface area (Å²) in [6.07, 6.45) is 7.87. The summed E-state index contributed by atoms with van der Waals surface area (Å²) in [7, 11) is 0. The van der Waals surface area contributed by atoms with Gasteiger partial charge in [0.1, 0.15) is 0 Å². The molecule has 1 saturated heterocycles. The highest BCUT2D eigenvalue weighted by Crippen LogP contribution is 2.33. The van der Waals surface area contributed by atoms with Crippen molar-refractivity contribution in [1.29, 1.82) is 0 Å². The van der Waals surface area contributed by atoms with Gasteiger partial charge in [-0.1, -0.05) is 26.7 Å². The molecule has 1 aliphatic carbocycles. The molecule has 2 aliphatic rings. The van der Waals surface area contributed by atoms with E-state index in [1.54, 1.807) is 0 Å². The Morgan fingerprint density at radius 1 is 1.30 bits per heavy atom. The van der Waals surface area contributed by atoms with Crippen LogP contribution in [-0.2, 0) is 4.79 Å². The zero-order chi connectivity index (χ0) is 14.6. The second kappa shape index (κ2) is 6.90. The summed E-state index contributed by atoms with van der Waals surface area (Å²) in [5.74, 6) is 0.818. The highest BCUT2D eigenvalue weighted by molar-refractivity contribution is 5.82. The number of amides is 1. The summed E-state index contributed by atoms with van der Waals surface area (Å²) in [6, 6.07) is 0.535. The van der Waals surface area contributed by atoms with Crippen LogP contribution in [-0.4, -0.2) is 36.2 Å². The molecule has 3 atom stereocenters. The molecule has 1 aliphatic heterocycles. The summed E-state index contributed by atoms with van der Waals surface area (Å²) in [5, 5.41) is 16.1. The summed E-state index contributed by atoms with van der Waals surface area (Å²) in [4.78, 5) is 12.3. The first-order chi connectivity index (χ1) is 9.64. The van der Waals surface area contributed by atoms with Gasteiger partial charge in [0, 0.05) is 18.0 Å². The van der Waals surface area contributed by atoms with E-state index in [-0.39, 0.29) is 24.0 Å². The maximum atomic E-state index is 12.3. The van der Waals surface area contributed by atoms with Crippen molar-refractivity contribution < 1.29 is 9.90 Å². The van der Waals surface area contributed by atoms with Gasteiger partial charge in [0.15, 0.2) is 0 Å². The van der Waals surface area contributed by atoms with Crippen LogP contribution in [0.4, 0.5) is 0 Å². The van der Waals surface area contributed by atoms with Crippen molar-refractivity contribution in [3.63, 3.8) is 0 Å². The summed E-state index contributed by atoms with van der Waals surface area (Å²) in [6.45, 7) is 4.88. The van der Waals surface area contributed by atoms with Crippen molar-refractivity contribution in [2.45, 2.75) is 70.9 Å². The largest absolute Gasteiger partial charge is 0.396 e. The Balaban J connectivity index is 1.83. The standard InChI is InChI=1S/C16H30N2O2/c1-3-16(4-2,11-19)10-17-15(20)14-9-12-7-5-6-8-13(12)18-14/h12-14,18-19H,3-11H2,1-2H3,(H,17,20). The van der Waals surface area contributed by atoms with E-state index in [9.17, 15) is 9.90 Å². The number of aliphatic hydroxyl groups excluding tert-OH is 1. The van der Waals surface area contributed by atoms with Gasteiger partial charge in [-0.2, -0.15) is 0 Å². The SMILES string of the molecule is CCC(CC)(CO)CNC(=O)C1CC2CCCCC2N1. The Kier molecular flexibility index (Phi) is 5.44. The number of fused-ring (bicyclic) bond motifs is 1. The van der Waals surface area contributed by atoms with Crippen LogP contribution in [0.15, 0.2) is 0 Å². The lowest BCUT2D eigenvalue weighted by Crippen LogP contribution is -2.47. The highest BCUT2D eigenvalue weighted by atomic mass is 16.3. The molecule has 3 unspecified atom stereocenters. The monoisotopic (exact) mass is 282 g/mol. The maximum Gasteiger partial charge on any atom is 0.237 e. The Morgan fingerprint density at radius 3 is 2.60 bits per heavy atom. The van der Waals surface area contributed by atoms with E-state index in [0.29, 0.717) is 18.5 Å². The second-order valence-corrected chi connectivity index (χ2v) is 6.69. The smallest absolute Gasteiger partial charge is 0.237 e. The first-order valence-corrected chi connectivity index (χ1v) is 8.28. The van der Waals surface area contributed by atoms with Crippen molar-refractivity contribution in [1.82, 2.24) is 10.6 Å². The topological polar surface area (TPSA) is 61.4 Å². The van der Waals surface area contributed by atoms with E-state index in [0.717, 1.165) is 19.3 Å². The molecule has 116 valence electrons. The second-order valence-electron chi connectivity index (χ2n) is 6.69. The van der Waals surface area contributed by atoms with E-state index in [1.165, 1.54) is 25.7 Å². The van der Waals surface area contributed by atoms with Crippen LogP contribution >= 0.6 is 0 Å². The first kappa shape index (κ1) is 15.8. The molecule has 0 radical (unpaired) electrons. The fourth-order valence-corrected chi connectivity index (χ4v) is 3.70. The summed E-state index contributed by atoms with van der Waals surface area (Å²) in [5.41, 5.74) is -0.152. The van der Waals surface area contributed by atoms with Crippen LogP contribution < -0.4 is 10.6 Å². The van der Waals surface area contributed by atoms with Crippen molar-refractivity contribution in [3.05, 3.63) is 0 Å². The molecule has 20 heavy (non-hydrogen) atoms. The molecule has 0 bridgehead atoms. The normalized spacial score (nSPS) is 30.1. The number of hydrogen-bond acceptors (Lipinski definition) is 3. The van der Waals surface area contributed by atoms with Gasteiger partial charge in [-0.05, 0) is 38.0 Å². The van der Waals surface area contributed by atoms with E-state index in [4.69, 9.17) is 0 Å². The van der Waals surface area contributed by atoms with Gasteiger partial charge >= 0.3 is 0 Å². The number of nitrogens with one attached hydrogen (secondary N) is 2. The molecular weight excluding hydrogens is 252 g/mol. The molecule has 4 nitrogen and oxygen atoms in total. The van der Waals surface area contributed by atoms with E-state index >= 15 is 0 Å². The fourth-order valence-electron chi connectivity index (χ4n) is 3.70. The third-order valence-electron chi connectivity index (χ3n) is 5.65. The molecule has 2 fully saturated rings. The van der Waals surface area contributed by atoms with Crippen LogP contribution in [0.3, 0.4) is 0 Å². The quantitative estimate of drug-likeness (QED) is 0.696. The van der Waals surface area contributed by atoms with Crippen LogP contribution in [0.2, 0.25) is 0 Å². The minimum atomic E-state index is -0.152. The predicted octanol–water partition coefficient (Wildman–Crippen LogP) is 1.82. The molecule has 3 N–H and O–H groups in total. The average molecular weight is 282 g/mol. The molecule has 1 heterocycles. The lowest BCUT2D eigenvalue weighted by atomic mass is 9.83. The number of aliphatic hydroxyl groups is 1. The van der Waals surface area contributed by atoms with Crippen molar-refractivity contribution in [2.75, 3.05) is 13.2 Å². The van der Waals surface area contributed by atoms with Gasteiger partial charge in [-0.15, -0.1) is 0 Å². The lowest BCUT2D eigenvalue weighted by molar-refractivity contribution is -0.123. The number of hydrogen-bond donors (Lipinski definition) is 3. The fraction of sp³-hybridized carbons (Fsp3) is 0.938. The molecular formula is C16H30N2O2. The van der Waals surface area contributed by atoms with Gasteiger partial charge in [0.25, 0.3) is 0 Å². The van der Waals surface area contributed by atoms with Crippen LogP contribution in [0.1, 0.15) is 58.8 Å². The third kappa shape index (κ3) is 3.34. The molecule has 0 aromatic carbocycles.